The quantitative estimate of drug-likeness (QED) is 0.665. The minimum absolute atomic E-state index is 0.536. The molecule has 1 fully saturated rings. The van der Waals surface area contributed by atoms with Crippen LogP contribution in [0.5, 0.6) is 0 Å². The third-order valence-corrected chi connectivity index (χ3v) is 2.71. The highest BCUT2D eigenvalue weighted by molar-refractivity contribution is 4.78. The molecular formula is C9H20N2O. The summed E-state index contributed by atoms with van der Waals surface area (Å²) in [5, 5.41) is 0. The van der Waals surface area contributed by atoms with Crippen LogP contribution in [0.15, 0.2) is 0 Å². The molecule has 0 amide bonds. The number of hydrogen-bond donors (Lipinski definition) is 1. The van der Waals surface area contributed by atoms with Crippen molar-refractivity contribution in [3.63, 3.8) is 0 Å². The van der Waals surface area contributed by atoms with Gasteiger partial charge in [-0.05, 0) is 32.9 Å². The van der Waals surface area contributed by atoms with Crippen LogP contribution in [-0.2, 0) is 4.74 Å². The van der Waals surface area contributed by atoms with E-state index in [1.165, 1.54) is 12.8 Å². The fraction of sp³-hybridized carbons (Fsp3) is 1.00. The second-order valence-corrected chi connectivity index (χ2v) is 3.72. The molecule has 0 aliphatic carbocycles. The second-order valence-electron chi connectivity index (χ2n) is 3.72. The molecule has 0 aromatic carbocycles. The molecule has 72 valence electrons. The maximum Gasteiger partial charge on any atom is 0.0469 e. The van der Waals surface area contributed by atoms with Crippen molar-refractivity contribution in [2.75, 3.05) is 33.9 Å². The fourth-order valence-corrected chi connectivity index (χ4v) is 1.93. The van der Waals surface area contributed by atoms with E-state index in [-0.39, 0.29) is 0 Å². The zero-order valence-electron chi connectivity index (χ0n) is 8.12. The Morgan fingerprint density at radius 3 is 2.42 bits per heavy atom. The van der Waals surface area contributed by atoms with Gasteiger partial charge in [0.15, 0.2) is 0 Å². The summed E-state index contributed by atoms with van der Waals surface area (Å²) in [6.45, 7) is 2.58. The van der Waals surface area contributed by atoms with Gasteiger partial charge in [-0.15, -0.1) is 0 Å². The molecular weight excluding hydrogens is 152 g/mol. The van der Waals surface area contributed by atoms with Crippen LogP contribution >= 0.6 is 0 Å². The molecule has 0 radical (unpaired) electrons. The van der Waals surface area contributed by atoms with Crippen molar-refractivity contribution in [2.24, 2.45) is 11.7 Å². The molecule has 0 aromatic rings. The van der Waals surface area contributed by atoms with Gasteiger partial charge in [-0.3, -0.25) is 0 Å². The standard InChI is InChI=1S/C9H20N2O/c1-11(2)9(7-10)8-3-5-12-6-4-8/h8-9H,3-7,10H2,1-2H3. The smallest absolute Gasteiger partial charge is 0.0469 e. The molecule has 1 heterocycles. The number of rotatable bonds is 3. The highest BCUT2D eigenvalue weighted by atomic mass is 16.5. The molecule has 1 saturated heterocycles. The van der Waals surface area contributed by atoms with E-state index < -0.39 is 0 Å². The number of nitrogens with zero attached hydrogens (tertiary/aromatic N) is 1. The van der Waals surface area contributed by atoms with Crippen LogP contribution in [0.25, 0.3) is 0 Å². The van der Waals surface area contributed by atoms with Gasteiger partial charge in [-0.1, -0.05) is 0 Å². The van der Waals surface area contributed by atoms with Gasteiger partial charge < -0.3 is 15.4 Å². The van der Waals surface area contributed by atoms with E-state index in [9.17, 15) is 0 Å². The topological polar surface area (TPSA) is 38.5 Å². The monoisotopic (exact) mass is 172 g/mol. The Bertz CT molecular complexity index is 122. The molecule has 1 unspecified atom stereocenters. The van der Waals surface area contributed by atoms with E-state index in [4.69, 9.17) is 10.5 Å². The molecule has 0 saturated carbocycles. The van der Waals surface area contributed by atoms with Crippen molar-refractivity contribution in [1.29, 1.82) is 0 Å². The number of nitrogens with two attached hydrogens (primary N) is 1. The molecule has 12 heavy (non-hydrogen) atoms. The molecule has 1 atom stereocenters. The van der Waals surface area contributed by atoms with Crippen LogP contribution in [0.2, 0.25) is 0 Å². The highest BCUT2D eigenvalue weighted by Gasteiger charge is 2.23. The Morgan fingerprint density at radius 2 is 2.00 bits per heavy atom. The van der Waals surface area contributed by atoms with Gasteiger partial charge in [-0.2, -0.15) is 0 Å². The minimum Gasteiger partial charge on any atom is -0.381 e. The van der Waals surface area contributed by atoms with E-state index >= 15 is 0 Å². The van der Waals surface area contributed by atoms with Gasteiger partial charge in [0.05, 0.1) is 0 Å². The van der Waals surface area contributed by atoms with Crippen molar-refractivity contribution >= 4 is 0 Å². The van der Waals surface area contributed by atoms with E-state index in [1.54, 1.807) is 0 Å². The van der Waals surface area contributed by atoms with E-state index in [0.717, 1.165) is 25.7 Å². The van der Waals surface area contributed by atoms with Crippen molar-refractivity contribution in [3.8, 4) is 0 Å². The van der Waals surface area contributed by atoms with Gasteiger partial charge >= 0.3 is 0 Å². The third-order valence-electron chi connectivity index (χ3n) is 2.71. The van der Waals surface area contributed by atoms with E-state index in [2.05, 4.69) is 19.0 Å². The Labute approximate surface area is 74.9 Å². The highest BCUT2D eigenvalue weighted by Crippen LogP contribution is 2.20. The fourth-order valence-electron chi connectivity index (χ4n) is 1.93. The summed E-state index contributed by atoms with van der Waals surface area (Å²) in [5.74, 6) is 0.735. The first kappa shape index (κ1) is 9.96. The summed E-state index contributed by atoms with van der Waals surface area (Å²) < 4.78 is 5.31. The molecule has 1 aliphatic heterocycles. The lowest BCUT2D eigenvalue weighted by Crippen LogP contribution is -2.43. The van der Waals surface area contributed by atoms with Crippen LogP contribution in [0.1, 0.15) is 12.8 Å². The normalized spacial score (nSPS) is 23.0. The summed E-state index contributed by atoms with van der Waals surface area (Å²) >= 11 is 0. The molecule has 3 heteroatoms. The lowest BCUT2D eigenvalue weighted by atomic mass is 9.91. The maximum atomic E-state index is 5.72. The van der Waals surface area contributed by atoms with Crippen LogP contribution in [0.3, 0.4) is 0 Å². The van der Waals surface area contributed by atoms with Crippen molar-refractivity contribution in [3.05, 3.63) is 0 Å². The average Bonchev–Trinajstić information content (AvgIpc) is 2.07. The summed E-state index contributed by atoms with van der Waals surface area (Å²) in [6.07, 6.45) is 2.33. The van der Waals surface area contributed by atoms with Crippen molar-refractivity contribution in [1.82, 2.24) is 4.90 Å². The lowest BCUT2D eigenvalue weighted by molar-refractivity contribution is 0.0387. The second kappa shape index (κ2) is 4.80. The molecule has 0 spiro atoms. The van der Waals surface area contributed by atoms with Crippen LogP contribution in [0, 0.1) is 5.92 Å². The number of hydrogen-bond acceptors (Lipinski definition) is 3. The number of ether oxygens (including phenoxy) is 1. The SMILES string of the molecule is CN(C)C(CN)C1CCOCC1. The molecule has 3 nitrogen and oxygen atoms in total. The Kier molecular flexibility index (Phi) is 3.98. The van der Waals surface area contributed by atoms with Gasteiger partial charge in [0.1, 0.15) is 0 Å². The molecule has 1 aliphatic rings. The average molecular weight is 172 g/mol. The first-order valence-corrected chi connectivity index (χ1v) is 4.70. The minimum atomic E-state index is 0.536. The van der Waals surface area contributed by atoms with E-state index in [1.807, 2.05) is 0 Å². The largest absolute Gasteiger partial charge is 0.381 e. The lowest BCUT2D eigenvalue weighted by Gasteiger charge is -2.33. The predicted octanol–water partition coefficient (Wildman–Crippen LogP) is 0.302. The van der Waals surface area contributed by atoms with Gasteiger partial charge in [0.25, 0.3) is 0 Å². The summed E-state index contributed by atoms with van der Waals surface area (Å²) in [7, 11) is 4.21. The van der Waals surface area contributed by atoms with Gasteiger partial charge in [-0.25, -0.2) is 0 Å². The molecule has 0 bridgehead atoms. The maximum absolute atomic E-state index is 5.72. The summed E-state index contributed by atoms with van der Waals surface area (Å²) in [6, 6.07) is 0.536. The van der Waals surface area contributed by atoms with Gasteiger partial charge in [0.2, 0.25) is 0 Å². The Morgan fingerprint density at radius 1 is 1.42 bits per heavy atom. The van der Waals surface area contributed by atoms with Gasteiger partial charge in [0, 0.05) is 25.8 Å². The van der Waals surface area contributed by atoms with Crippen LogP contribution in [0.4, 0.5) is 0 Å². The first-order chi connectivity index (χ1) is 5.75. The predicted molar refractivity (Wildman–Crippen MR) is 50.1 cm³/mol. The molecule has 2 N–H and O–H groups in total. The van der Waals surface area contributed by atoms with Crippen molar-refractivity contribution < 1.29 is 4.74 Å². The third kappa shape index (κ3) is 2.44. The zero-order chi connectivity index (χ0) is 8.97. The van der Waals surface area contributed by atoms with E-state index in [0.29, 0.717) is 6.04 Å². The van der Waals surface area contributed by atoms with Crippen LogP contribution < -0.4 is 5.73 Å². The Balaban J connectivity index is 2.40. The van der Waals surface area contributed by atoms with Crippen molar-refractivity contribution in [2.45, 2.75) is 18.9 Å². The summed E-state index contributed by atoms with van der Waals surface area (Å²) in [5.41, 5.74) is 5.72. The Hall–Kier alpha value is -0.120. The number of likely N-dealkylation sites (N-methyl/N-ethyl adjacent to an activating group) is 1. The summed E-state index contributed by atoms with van der Waals surface area (Å²) in [4.78, 5) is 2.23. The molecule has 1 rings (SSSR count). The van der Waals surface area contributed by atoms with Crippen LogP contribution in [-0.4, -0.2) is 44.8 Å². The molecule has 0 aromatic heterocycles. The first-order valence-electron chi connectivity index (χ1n) is 4.70. The zero-order valence-corrected chi connectivity index (χ0v) is 8.12.